The summed E-state index contributed by atoms with van der Waals surface area (Å²) in [6.07, 6.45) is 1.72. The van der Waals surface area contributed by atoms with E-state index in [-0.39, 0.29) is 5.91 Å². The molecule has 0 N–H and O–H groups in total. The van der Waals surface area contributed by atoms with Crippen LogP contribution in [-0.4, -0.2) is 22.8 Å². The number of para-hydroxylation sites is 1. The Bertz CT molecular complexity index is 701. The molecule has 3 rings (SSSR count). The van der Waals surface area contributed by atoms with E-state index < -0.39 is 0 Å². The highest BCUT2D eigenvalue weighted by molar-refractivity contribution is 5.95. The van der Waals surface area contributed by atoms with Crippen molar-refractivity contribution in [1.82, 2.24) is 9.88 Å². The van der Waals surface area contributed by atoms with Gasteiger partial charge in [-0.3, -0.25) is 9.78 Å². The van der Waals surface area contributed by atoms with Crippen LogP contribution in [0.15, 0.2) is 59.1 Å². The van der Waals surface area contributed by atoms with Gasteiger partial charge in [-0.25, -0.2) is 0 Å². The summed E-state index contributed by atoms with van der Waals surface area (Å²) in [6.45, 7) is 0.455. The van der Waals surface area contributed by atoms with E-state index in [1.165, 1.54) is 0 Å². The smallest absolute Gasteiger partial charge is 0.289 e. The second kappa shape index (κ2) is 5.17. The van der Waals surface area contributed by atoms with Crippen molar-refractivity contribution in [3.8, 4) is 0 Å². The second-order valence-electron chi connectivity index (χ2n) is 4.63. The van der Waals surface area contributed by atoms with Crippen LogP contribution in [0.2, 0.25) is 0 Å². The average Bonchev–Trinajstić information content (AvgIpc) is 2.91. The van der Waals surface area contributed by atoms with Crippen LogP contribution in [0, 0.1) is 0 Å². The molecule has 4 nitrogen and oxygen atoms in total. The van der Waals surface area contributed by atoms with Crippen LogP contribution in [0.1, 0.15) is 16.2 Å². The van der Waals surface area contributed by atoms with Gasteiger partial charge in [-0.05, 0) is 24.3 Å². The van der Waals surface area contributed by atoms with E-state index in [2.05, 4.69) is 4.98 Å². The maximum Gasteiger partial charge on any atom is 0.289 e. The van der Waals surface area contributed by atoms with Crippen molar-refractivity contribution in [2.75, 3.05) is 7.05 Å². The third-order valence-corrected chi connectivity index (χ3v) is 3.11. The molecular weight excluding hydrogens is 252 g/mol. The number of carbonyl (C=O) groups excluding carboxylic acids is 1. The number of amides is 1. The zero-order valence-electron chi connectivity index (χ0n) is 11.1. The van der Waals surface area contributed by atoms with Crippen LogP contribution in [0.3, 0.4) is 0 Å². The highest BCUT2D eigenvalue weighted by Crippen LogP contribution is 2.20. The minimum atomic E-state index is -0.146. The molecule has 3 aromatic rings. The van der Waals surface area contributed by atoms with Crippen molar-refractivity contribution in [3.05, 3.63) is 66.2 Å². The molecule has 1 aromatic carbocycles. The third kappa shape index (κ3) is 2.40. The number of aromatic nitrogens is 1. The zero-order chi connectivity index (χ0) is 13.9. The van der Waals surface area contributed by atoms with Crippen LogP contribution in [-0.2, 0) is 6.54 Å². The van der Waals surface area contributed by atoms with Crippen LogP contribution >= 0.6 is 0 Å². The summed E-state index contributed by atoms with van der Waals surface area (Å²) < 4.78 is 5.58. The third-order valence-electron chi connectivity index (χ3n) is 3.11. The highest BCUT2D eigenvalue weighted by Gasteiger charge is 2.17. The zero-order valence-corrected chi connectivity index (χ0v) is 11.1. The van der Waals surface area contributed by atoms with Crippen LogP contribution < -0.4 is 0 Å². The average molecular weight is 266 g/mol. The van der Waals surface area contributed by atoms with Gasteiger partial charge in [0, 0.05) is 18.6 Å². The lowest BCUT2D eigenvalue weighted by Gasteiger charge is -2.14. The number of hydrogen-bond acceptors (Lipinski definition) is 3. The Morgan fingerprint density at radius 2 is 2.00 bits per heavy atom. The minimum Gasteiger partial charge on any atom is -0.451 e. The van der Waals surface area contributed by atoms with Gasteiger partial charge in [0.2, 0.25) is 0 Å². The van der Waals surface area contributed by atoms with Gasteiger partial charge in [0.1, 0.15) is 5.58 Å². The molecular formula is C16H14N2O2. The lowest BCUT2D eigenvalue weighted by molar-refractivity contribution is 0.0754. The predicted molar refractivity (Wildman–Crippen MR) is 76.2 cm³/mol. The molecule has 0 saturated heterocycles. The first-order chi connectivity index (χ1) is 9.74. The number of benzene rings is 1. The van der Waals surface area contributed by atoms with E-state index in [4.69, 9.17) is 4.42 Å². The normalized spacial score (nSPS) is 10.7. The molecule has 0 radical (unpaired) electrons. The molecule has 0 fully saturated rings. The van der Waals surface area contributed by atoms with Crippen molar-refractivity contribution in [2.45, 2.75) is 6.54 Å². The summed E-state index contributed by atoms with van der Waals surface area (Å²) in [5.41, 5.74) is 1.57. The summed E-state index contributed by atoms with van der Waals surface area (Å²) in [5, 5.41) is 0.932. The quantitative estimate of drug-likeness (QED) is 0.731. The van der Waals surface area contributed by atoms with Crippen LogP contribution in [0.25, 0.3) is 11.0 Å². The summed E-state index contributed by atoms with van der Waals surface area (Å²) in [4.78, 5) is 18.1. The van der Waals surface area contributed by atoms with Crippen molar-refractivity contribution in [3.63, 3.8) is 0 Å². The standard InChI is InChI=1S/C16H14N2O2/c1-18(11-13-7-4-5-9-17-13)16(19)15-10-12-6-2-3-8-14(12)20-15/h2-10H,11H2,1H3. The first-order valence-corrected chi connectivity index (χ1v) is 6.38. The van der Waals surface area contributed by atoms with E-state index in [0.717, 1.165) is 16.7 Å². The first kappa shape index (κ1) is 12.4. The molecule has 0 unspecified atom stereocenters. The first-order valence-electron chi connectivity index (χ1n) is 6.38. The van der Waals surface area contributed by atoms with Gasteiger partial charge >= 0.3 is 0 Å². The van der Waals surface area contributed by atoms with Gasteiger partial charge in [0.25, 0.3) is 5.91 Å². The molecule has 2 aromatic heterocycles. The molecule has 0 saturated carbocycles. The lowest BCUT2D eigenvalue weighted by Crippen LogP contribution is -2.26. The molecule has 0 atom stereocenters. The minimum absolute atomic E-state index is 0.146. The van der Waals surface area contributed by atoms with Gasteiger partial charge < -0.3 is 9.32 Å². The maximum atomic E-state index is 12.3. The molecule has 2 heterocycles. The molecule has 1 amide bonds. The Morgan fingerprint density at radius 3 is 2.75 bits per heavy atom. The fourth-order valence-corrected chi connectivity index (χ4v) is 2.08. The Kier molecular flexibility index (Phi) is 3.21. The van der Waals surface area contributed by atoms with Gasteiger partial charge in [0.15, 0.2) is 5.76 Å². The number of nitrogens with zero attached hydrogens (tertiary/aromatic N) is 2. The van der Waals surface area contributed by atoms with E-state index in [9.17, 15) is 4.79 Å². The molecule has 4 heteroatoms. The lowest BCUT2D eigenvalue weighted by atomic mass is 10.2. The monoisotopic (exact) mass is 266 g/mol. The summed E-state index contributed by atoms with van der Waals surface area (Å²) in [5.74, 6) is 0.205. The number of rotatable bonds is 3. The van der Waals surface area contributed by atoms with Crippen LogP contribution in [0.5, 0.6) is 0 Å². The Morgan fingerprint density at radius 1 is 1.20 bits per heavy atom. The highest BCUT2D eigenvalue weighted by atomic mass is 16.3. The number of furan rings is 1. The topological polar surface area (TPSA) is 46.3 Å². The fourth-order valence-electron chi connectivity index (χ4n) is 2.08. The number of hydrogen-bond donors (Lipinski definition) is 0. The van der Waals surface area contributed by atoms with E-state index >= 15 is 0 Å². The second-order valence-corrected chi connectivity index (χ2v) is 4.63. The molecule has 0 bridgehead atoms. The summed E-state index contributed by atoms with van der Waals surface area (Å²) >= 11 is 0. The largest absolute Gasteiger partial charge is 0.451 e. The van der Waals surface area contributed by atoms with Crippen molar-refractivity contribution in [1.29, 1.82) is 0 Å². The summed E-state index contributed by atoms with van der Waals surface area (Å²) in [6, 6.07) is 15.0. The Labute approximate surface area is 116 Å². The van der Waals surface area contributed by atoms with Gasteiger partial charge in [-0.2, -0.15) is 0 Å². The van der Waals surface area contributed by atoms with Crippen LogP contribution in [0.4, 0.5) is 0 Å². The molecule has 0 aliphatic carbocycles. The number of carbonyl (C=O) groups is 1. The molecule has 100 valence electrons. The van der Waals surface area contributed by atoms with E-state index in [1.54, 1.807) is 24.2 Å². The SMILES string of the molecule is CN(Cc1ccccn1)C(=O)c1cc2ccccc2o1. The number of fused-ring (bicyclic) bond motifs is 1. The number of pyridine rings is 1. The fraction of sp³-hybridized carbons (Fsp3) is 0.125. The molecule has 0 aliphatic heterocycles. The van der Waals surface area contributed by atoms with Crippen molar-refractivity contribution in [2.24, 2.45) is 0 Å². The van der Waals surface area contributed by atoms with Gasteiger partial charge in [-0.1, -0.05) is 24.3 Å². The predicted octanol–water partition coefficient (Wildman–Crippen LogP) is 3.10. The molecule has 0 spiro atoms. The van der Waals surface area contributed by atoms with Gasteiger partial charge in [-0.15, -0.1) is 0 Å². The Balaban J connectivity index is 1.81. The van der Waals surface area contributed by atoms with Crippen molar-refractivity contribution < 1.29 is 9.21 Å². The van der Waals surface area contributed by atoms with E-state index in [1.807, 2.05) is 42.5 Å². The molecule has 0 aliphatic rings. The Hall–Kier alpha value is -2.62. The maximum absolute atomic E-state index is 12.3. The van der Waals surface area contributed by atoms with Crippen molar-refractivity contribution >= 4 is 16.9 Å². The summed E-state index contributed by atoms with van der Waals surface area (Å²) in [7, 11) is 1.74. The van der Waals surface area contributed by atoms with E-state index in [0.29, 0.717) is 12.3 Å². The molecule has 20 heavy (non-hydrogen) atoms. The van der Waals surface area contributed by atoms with Gasteiger partial charge in [0.05, 0.1) is 12.2 Å².